The van der Waals surface area contributed by atoms with E-state index in [2.05, 4.69) is 15.2 Å². The van der Waals surface area contributed by atoms with Crippen molar-refractivity contribution in [3.8, 4) is 11.3 Å². The summed E-state index contributed by atoms with van der Waals surface area (Å²) in [5, 5.41) is 7.76. The average Bonchev–Trinajstić information content (AvgIpc) is 3.43. The van der Waals surface area contributed by atoms with Gasteiger partial charge < -0.3 is 9.84 Å². The minimum atomic E-state index is -3.82. The van der Waals surface area contributed by atoms with E-state index >= 15 is 0 Å². The molecule has 7 heteroatoms. The summed E-state index contributed by atoms with van der Waals surface area (Å²) in [4.78, 5) is 0.221. The summed E-state index contributed by atoms with van der Waals surface area (Å²) < 4.78 is 35.7. The quantitative estimate of drug-likeness (QED) is 0.228. The number of sulfonamides is 1. The van der Waals surface area contributed by atoms with Gasteiger partial charge in [-0.25, -0.2) is 13.1 Å². The molecule has 0 saturated heterocycles. The van der Waals surface area contributed by atoms with Crippen molar-refractivity contribution in [1.82, 2.24) is 15.2 Å². The molecule has 0 aliphatic rings. The van der Waals surface area contributed by atoms with Crippen LogP contribution in [-0.4, -0.2) is 13.6 Å². The van der Waals surface area contributed by atoms with Crippen LogP contribution in [0.3, 0.4) is 0 Å². The van der Waals surface area contributed by atoms with Gasteiger partial charge in [0.05, 0.1) is 23.5 Å². The van der Waals surface area contributed by atoms with Crippen LogP contribution in [0, 0.1) is 6.92 Å². The summed E-state index contributed by atoms with van der Waals surface area (Å²) in [6.07, 6.45) is 0. The summed E-state index contributed by atoms with van der Waals surface area (Å²) in [5.41, 5.74) is 4.49. The zero-order chi connectivity index (χ0) is 26.4. The van der Waals surface area contributed by atoms with Crippen LogP contribution in [0.25, 0.3) is 11.3 Å². The Morgan fingerprint density at radius 1 is 0.737 bits per heavy atom. The maximum absolute atomic E-state index is 13.5. The van der Waals surface area contributed by atoms with Gasteiger partial charge in [0.2, 0.25) is 10.0 Å². The highest BCUT2D eigenvalue weighted by molar-refractivity contribution is 7.89. The van der Waals surface area contributed by atoms with Gasteiger partial charge >= 0.3 is 0 Å². The van der Waals surface area contributed by atoms with E-state index in [9.17, 15) is 8.42 Å². The third-order valence-corrected chi connectivity index (χ3v) is 7.85. The van der Waals surface area contributed by atoms with Crippen molar-refractivity contribution in [2.75, 3.05) is 0 Å². The predicted molar refractivity (Wildman–Crippen MR) is 149 cm³/mol. The lowest BCUT2D eigenvalue weighted by Crippen LogP contribution is -2.38. The Morgan fingerprint density at radius 2 is 1.29 bits per heavy atom. The molecule has 192 valence electrons. The fourth-order valence-electron chi connectivity index (χ4n) is 4.38. The Hall–Kier alpha value is -4.04. The number of rotatable bonds is 10. The number of hydrogen-bond donors (Lipinski definition) is 2. The topological polar surface area (TPSA) is 84.2 Å². The molecule has 1 aromatic heterocycles. The van der Waals surface area contributed by atoms with E-state index in [1.165, 1.54) is 0 Å². The van der Waals surface area contributed by atoms with Gasteiger partial charge in [0.1, 0.15) is 5.69 Å². The van der Waals surface area contributed by atoms with Crippen LogP contribution in [0.2, 0.25) is 0 Å². The van der Waals surface area contributed by atoms with Gasteiger partial charge in [0.25, 0.3) is 0 Å². The summed E-state index contributed by atoms with van der Waals surface area (Å²) in [6.45, 7) is 2.29. The molecule has 0 aliphatic carbocycles. The largest absolute Gasteiger partial charge is 0.359 e. The molecule has 38 heavy (non-hydrogen) atoms. The molecule has 0 spiro atoms. The SMILES string of the molecule is Cc1ccc(S(=O)(=O)NC(c2ccccc2)C(NCc2cc(-c3ccccc3)no2)c2ccccc2)cc1. The number of nitrogens with zero attached hydrogens (tertiary/aromatic N) is 1. The van der Waals surface area contributed by atoms with Crippen LogP contribution in [0.1, 0.15) is 34.5 Å². The second kappa shape index (κ2) is 11.6. The molecule has 5 aromatic rings. The van der Waals surface area contributed by atoms with E-state index in [4.69, 9.17) is 4.52 Å². The molecule has 0 aliphatic heterocycles. The minimum absolute atomic E-state index is 0.221. The van der Waals surface area contributed by atoms with Crippen LogP contribution in [0.15, 0.2) is 131 Å². The van der Waals surface area contributed by atoms with Crippen LogP contribution in [-0.2, 0) is 16.6 Å². The van der Waals surface area contributed by atoms with Crippen LogP contribution >= 0.6 is 0 Å². The Kier molecular flexibility index (Phi) is 7.79. The smallest absolute Gasteiger partial charge is 0.241 e. The first-order valence-corrected chi connectivity index (χ1v) is 13.9. The molecule has 0 amide bonds. The normalized spacial score (nSPS) is 13.2. The van der Waals surface area contributed by atoms with Crippen molar-refractivity contribution >= 4 is 10.0 Å². The number of aromatic nitrogens is 1. The predicted octanol–water partition coefficient (Wildman–Crippen LogP) is 6.20. The zero-order valence-corrected chi connectivity index (χ0v) is 21.8. The Balaban J connectivity index is 1.47. The highest BCUT2D eigenvalue weighted by Crippen LogP contribution is 2.31. The summed E-state index contributed by atoms with van der Waals surface area (Å²) in [5.74, 6) is 0.651. The van der Waals surface area contributed by atoms with E-state index in [1.807, 2.05) is 104 Å². The van der Waals surface area contributed by atoms with Crippen LogP contribution < -0.4 is 10.0 Å². The van der Waals surface area contributed by atoms with E-state index < -0.39 is 22.1 Å². The lowest BCUT2D eigenvalue weighted by Gasteiger charge is -2.29. The van der Waals surface area contributed by atoms with Gasteiger partial charge in [-0.2, -0.15) is 0 Å². The lowest BCUT2D eigenvalue weighted by atomic mass is 9.94. The average molecular weight is 524 g/mol. The fourth-order valence-corrected chi connectivity index (χ4v) is 5.62. The van der Waals surface area contributed by atoms with Gasteiger partial charge in [-0.15, -0.1) is 0 Å². The maximum atomic E-state index is 13.5. The van der Waals surface area contributed by atoms with E-state index in [0.717, 1.165) is 27.9 Å². The summed E-state index contributed by atoms with van der Waals surface area (Å²) in [7, 11) is -3.82. The van der Waals surface area contributed by atoms with Crippen molar-refractivity contribution in [3.05, 3.63) is 144 Å². The summed E-state index contributed by atoms with van der Waals surface area (Å²) >= 11 is 0. The monoisotopic (exact) mass is 523 g/mol. The highest BCUT2D eigenvalue weighted by atomic mass is 32.2. The van der Waals surface area contributed by atoms with Crippen molar-refractivity contribution in [2.45, 2.75) is 30.4 Å². The molecule has 0 fully saturated rings. The molecule has 1 heterocycles. The molecular formula is C31H29N3O3S. The maximum Gasteiger partial charge on any atom is 0.241 e. The van der Waals surface area contributed by atoms with Gasteiger partial charge in [0, 0.05) is 11.6 Å². The second-order valence-electron chi connectivity index (χ2n) is 9.14. The third kappa shape index (κ3) is 6.08. The molecule has 2 N–H and O–H groups in total. The molecular weight excluding hydrogens is 494 g/mol. The standard InChI is InChI=1S/C31H29N3O3S/c1-23-17-19-28(20-18-23)38(35,36)34-31(26-15-9-4-10-16-26)30(25-13-7-3-8-14-25)32-22-27-21-29(33-37-27)24-11-5-2-6-12-24/h2-21,30-32,34H,22H2,1H3. The van der Waals surface area contributed by atoms with Gasteiger partial charge in [-0.1, -0.05) is 114 Å². The van der Waals surface area contributed by atoms with E-state index in [-0.39, 0.29) is 4.90 Å². The van der Waals surface area contributed by atoms with Crippen LogP contribution in [0.4, 0.5) is 0 Å². The molecule has 0 bridgehead atoms. The van der Waals surface area contributed by atoms with Crippen molar-refractivity contribution in [3.63, 3.8) is 0 Å². The lowest BCUT2D eigenvalue weighted by molar-refractivity contribution is 0.349. The third-order valence-electron chi connectivity index (χ3n) is 6.39. The molecule has 0 radical (unpaired) electrons. The van der Waals surface area contributed by atoms with Gasteiger partial charge in [-0.05, 0) is 30.2 Å². The fraction of sp³-hybridized carbons (Fsp3) is 0.129. The first kappa shape index (κ1) is 25.6. The number of aryl methyl sites for hydroxylation is 1. The number of hydrogen-bond acceptors (Lipinski definition) is 5. The molecule has 2 atom stereocenters. The summed E-state index contributed by atoms with van der Waals surface area (Å²) in [6, 6.07) is 37.0. The van der Waals surface area contributed by atoms with Gasteiger partial charge in [-0.3, -0.25) is 0 Å². The molecule has 2 unspecified atom stereocenters. The van der Waals surface area contributed by atoms with Gasteiger partial charge in [0.15, 0.2) is 5.76 Å². The molecule has 4 aromatic carbocycles. The van der Waals surface area contributed by atoms with Crippen molar-refractivity contribution < 1.29 is 12.9 Å². The molecule has 5 rings (SSSR count). The first-order chi connectivity index (χ1) is 18.5. The number of nitrogens with one attached hydrogen (secondary N) is 2. The Morgan fingerprint density at radius 3 is 1.89 bits per heavy atom. The van der Waals surface area contributed by atoms with Crippen molar-refractivity contribution in [1.29, 1.82) is 0 Å². The zero-order valence-electron chi connectivity index (χ0n) is 21.0. The minimum Gasteiger partial charge on any atom is -0.359 e. The molecule has 6 nitrogen and oxygen atoms in total. The highest BCUT2D eigenvalue weighted by Gasteiger charge is 2.30. The number of benzene rings is 4. The van der Waals surface area contributed by atoms with E-state index in [0.29, 0.717) is 12.3 Å². The second-order valence-corrected chi connectivity index (χ2v) is 10.9. The van der Waals surface area contributed by atoms with Crippen LogP contribution in [0.5, 0.6) is 0 Å². The first-order valence-electron chi connectivity index (χ1n) is 12.4. The van der Waals surface area contributed by atoms with E-state index in [1.54, 1.807) is 24.3 Å². The Labute approximate surface area is 223 Å². The molecule has 0 saturated carbocycles. The Bertz CT molecular complexity index is 1550. The van der Waals surface area contributed by atoms with Crippen molar-refractivity contribution in [2.24, 2.45) is 0 Å².